The van der Waals surface area contributed by atoms with Gasteiger partial charge in [-0.2, -0.15) is 11.8 Å². The summed E-state index contributed by atoms with van der Waals surface area (Å²) in [6.07, 6.45) is 4.84. The highest BCUT2D eigenvalue weighted by Gasteiger charge is 2.16. The van der Waals surface area contributed by atoms with Gasteiger partial charge >= 0.3 is 0 Å². The number of hydrogen-bond donors (Lipinski definition) is 2. The maximum Gasteiger partial charge on any atom is 0.191 e. The Morgan fingerprint density at radius 3 is 2.36 bits per heavy atom. The van der Waals surface area contributed by atoms with Crippen LogP contribution in [0.15, 0.2) is 29.3 Å². The minimum absolute atomic E-state index is 0.202. The maximum absolute atomic E-state index is 4.73. The van der Waals surface area contributed by atoms with E-state index in [-0.39, 0.29) is 4.75 Å². The van der Waals surface area contributed by atoms with Crippen molar-refractivity contribution >= 4 is 17.7 Å². The summed E-state index contributed by atoms with van der Waals surface area (Å²) in [6.45, 7) is 12.6. The minimum atomic E-state index is 0.202. The topological polar surface area (TPSA) is 39.7 Å². The van der Waals surface area contributed by atoms with Crippen molar-refractivity contribution in [2.24, 2.45) is 4.99 Å². The number of likely N-dealkylation sites (tertiary alicyclic amines) is 1. The molecule has 0 bridgehead atoms. The Labute approximate surface area is 157 Å². The molecule has 25 heavy (non-hydrogen) atoms. The van der Waals surface area contributed by atoms with Crippen LogP contribution in [0.2, 0.25) is 0 Å². The van der Waals surface area contributed by atoms with Crippen LogP contribution in [0, 0.1) is 0 Å². The maximum atomic E-state index is 4.73. The SMILES string of the molecule is CCNC(=NCc1ccc(CN2CCCC2)cc1)NCC(C)(C)SC. The first-order chi connectivity index (χ1) is 12.0. The fourth-order valence-corrected chi connectivity index (χ4v) is 3.05. The number of guanidine groups is 1. The van der Waals surface area contributed by atoms with E-state index in [4.69, 9.17) is 4.99 Å². The highest BCUT2D eigenvalue weighted by Crippen LogP contribution is 2.19. The Hall–Kier alpha value is -1.20. The Balaban J connectivity index is 1.87. The molecule has 0 saturated carbocycles. The molecule has 2 rings (SSSR count). The molecule has 1 aliphatic rings. The molecule has 2 N–H and O–H groups in total. The molecule has 0 radical (unpaired) electrons. The van der Waals surface area contributed by atoms with Gasteiger partial charge in [0.1, 0.15) is 0 Å². The Bertz CT molecular complexity index is 533. The van der Waals surface area contributed by atoms with Crippen LogP contribution >= 0.6 is 11.8 Å². The van der Waals surface area contributed by atoms with Gasteiger partial charge in [-0.1, -0.05) is 24.3 Å². The molecule has 1 aromatic rings. The second-order valence-electron chi connectivity index (χ2n) is 7.31. The van der Waals surface area contributed by atoms with Crippen molar-refractivity contribution in [1.29, 1.82) is 0 Å². The number of nitrogens with zero attached hydrogens (tertiary/aromatic N) is 2. The van der Waals surface area contributed by atoms with E-state index in [1.165, 1.54) is 37.1 Å². The van der Waals surface area contributed by atoms with E-state index in [9.17, 15) is 0 Å². The number of thioether (sulfide) groups is 1. The summed E-state index contributed by atoms with van der Waals surface area (Å²) in [5.74, 6) is 0.894. The molecule has 1 heterocycles. The lowest BCUT2D eigenvalue weighted by Gasteiger charge is -2.23. The van der Waals surface area contributed by atoms with Crippen LogP contribution in [0.3, 0.4) is 0 Å². The first-order valence-corrected chi connectivity index (χ1v) is 10.6. The predicted molar refractivity (Wildman–Crippen MR) is 111 cm³/mol. The normalized spacial score (nSPS) is 16.2. The molecule has 1 saturated heterocycles. The Morgan fingerprint density at radius 2 is 1.76 bits per heavy atom. The van der Waals surface area contributed by atoms with Crippen molar-refractivity contribution in [1.82, 2.24) is 15.5 Å². The van der Waals surface area contributed by atoms with Gasteiger partial charge in [0, 0.05) is 24.4 Å². The minimum Gasteiger partial charge on any atom is -0.357 e. The molecular formula is C20H34N4S. The zero-order chi connectivity index (χ0) is 18.1. The van der Waals surface area contributed by atoms with Crippen LogP contribution in [0.1, 0.15) is 44.7 Å². The van der Waals surface area contributed by atoms with Crippen molar-refractivity contribution in [3.8, 4) is 0 Å². The molecule has 1 fully saturated rings. The third-order valence-electron chi connectivity index (χ3n) is 4.63. The molecule has 0 amide bonds. The van der Waals surface area contributed by atoms with E-state index in [1.807, 2.05) is 11.8 Å². The summed E-state index contributed by atoms with van der Waals surface area (Å²) in [5.41, 5.74) is 2.66. The van der Waals surface area contributed by atoms with Gasteiger partial charge in [0.05, 0.1) is 6.54 Å². The average Bonchev–Trinajstić information content (AvgIpc) is 3.12. The predicted octanol–water partition coefficient (Wildman–Crippen LogP) is 3.48. The number of nitrogens with one attached hydrogen (secondary N) is 2. The molecule has 0 spiro atoms. The van der Waals surface area contributed by atoms with Gasteiger partial charge in [-0.3, -0.25) is 4.90 Å². The summed E-state index contributed by atoms with van der Waals surface area (Å²) in [7, 11) is 0. The van der Waals surface area contributed by atoms with Crippen LogP contribution in [0.4, 0.5) is 0 Å². The third kappa shape index (κ3) is 7.28. The molecule has 1 aromatic carbocycles. The van der Waals surface area contributed by atoms with E-state index in [2.05, 4.69) is 66.8 Å². The van der Waals surface area contributed by atoms with Crippen LogP contribution in [0.5, 0.6) is 0 Å². The van der Waals surface area contributed by atoms with Crippen molar-refractivity contribution in [2.45, 2.75) is 51.4 Å². The first kappa shape index (κ1) is 20.1. The lowest BCUT2D eigenvalue weighted by molar-refractivity contribution is 0.331. The highest BCUT2D eigenvalue weighted by molar-refractivity contribution is 7.99. The summed E-state index contributed by atoms with van der Waals surface area (Å²) < 4.78 is 0.202. The molecule has 0 atom stereocenters. The molecule has 1 aliphatic heterocycles. The number of rotatable bonds is 8. The average molecular weight is 363 g/mol. The smallest absolute Gasteiger partial charge is 0.191 e. The van der Waals surface area contributed by atoms with Crippen LogP contribution in [0.25, 0.3) is 0 Å². The number of aliphatic imine (C=N–C) groups is 1. The van der Waals surface area contributed by atoms with Gasteiger partial charge in [-0.05, 0) is 64.1 Å². The van der Waals surface area contributed by atoms with E-state index in [0.29, 0.717) is 6.54 Å². The fourth-order valence-electron chi connectivity index (χ4n) is 2.83. The van der Waals surface area contributed by atoms with E-state index >= 15 is 0 Å². The molecule has 4 nitrogen and oxygen atoms in total. The van der Waals surface area contributed by atoms with Gasteiger partial charge in [0.2, 0.25) is 0 Å². The number of hydrogen-bond acceptors (Lipinski definition) is 3. The van der Waals surface area contributed by atoms with Gasteiger partial charge in [0.25, 0.3) is 0 Å². The fraction of sp³-hybridized carbons (Fsp3) is 0.650. The lowest BCUT2D eigenvalue weighted by atomic mass is 10.1. The van der Waals surface area contributed by atoms with Crippen molar-refractivity contribution < 1.29 is 0 Å². The van der Waals surface area contributed by atoms with E-state index in [0.717, 1.165) is 25.6 Å². The van der Waals surface area contributed by atoms with Crippen LogP contribution < -0.4 is 10.6 Å². The third-order valence-corrected chi connectivity index (χ3v) is 5.88. The van der Waals surface area contributed by atoms with E-state index < -0.39 is 0 Å². The summed E-state index contributed by atoms with van der Waals surface area (Å²) >= 11 is 1.87. The zero-order valence-corrected chi connectivity index (χ0v) is 17.1. The van der Waals surface area contributed by atoms with Crippen molar-refractivity contribution in [3.63, 3.8) is 0 Å². The van der Waals surface area contributed by atoms with Gasteiger partial charge in [0.15, 0.2) is 5.96 Å². The summed E-state index contributed by atoms with van der Waals surface area (Å²) in [6, 6.07) is 8.93. The first-order valence-electron chi connectivity index (χ1n) is 9.40. The van der Waals surface area contributed by atoms with Crippen molar-refractivity contribution in [2.75, 3.05) is 32.4 Å². The van der Waals surface area contributed by atoms with Crippen molar-refractivity contribution in [3.05, 3.63) is 35.4 Å². The summed E-state index contributed by atoms with van der Waals surface area (Å²) in [5, 5.41) is 6.79. The highest BCUT2D eigenvalue weighted by atomic mass is 32.2. The molecule has 5 heteroatoms. The zero-order valence-electron chi connectivity index (χ0n) is 16.3. The quantitative estimate of drug-likeness (QED) is 0.549. The summed E-state index contributed by atoms with van der Waals surface area (Å²) in [4.78, 5) is 7.26. The van der Waals surface area contributed by atoms with Crippen LogP contribution in [-0.2, 0) is 13.1 Å². The standard InChI is InChI=1S/C20H34N4S/c1-5-21-19(23-16-20(2,3)25-4)22-14-17-8-10-18(11-9-17)15-24-12-6-7-13-24/h8-11H,5-7,12-16H2,1-4H3,(H2,21,22,23). The molecule has 0 aliphatic carbocycles. The van der Waals surface area contributed by atoms with Gasteiger partial charge in [-0.25, -0.2) is 4.99 Å². The molecule has 0 unspecified atom stereocenters. The second kappa shape index (κ2) is 10.1. The largest absolute Gasteiger partial charge is 0.357 e. The van der Waals surface area contributed by atoms with Gasteiger partial charge < -0.3 is 10.6 Å². The Kier molecular flexibility index (Phi) is 8.10. The molecular weight excluding hydrogens is 328 g/mol. The molecule has 0 aromatic heterocycles. The number of benzene rings is 1. The van der Waals surface area contributed by atoms with E-state index in [1.54, 1.807) is 0 Å². The molecule has 140 valence electrons. The second-order valence-corrected chi connectivity index (χ2v) is 8.83. The lowest BCUT2D eigenvalue weighted by Crippen LogP contribution is -2.43. The Morgan fingerprint density at radius 1 is 1.12 bits per heavy atom. The monoisotopic (exact) mass is 362 g/mol. The van der Waals surface area contributed by atoms with Gasteiger partial charge in [-0.15, -0.1) is 0 Å². The van der Waals surface area contributed by atoms with Crippen LogP contribution in [-0.4, -0.2) is 48.0 Å².